The molecule has 0 aliphatic carbocycles. The Kier molecular flexibility index (Phi) is 4.57. The van der Waals surface area contributed by atoms with E-state index < -0.39 is 0 Å². The van der Waals surface area contributed by atoms with Crippen LogP contribution in [-0.2, 0) is 13.6 Å². The highest BCUT2D eigenvalue weighted by Crippen LogP contribution is 2.24. The summed E-state index contributed by atoms with van der Waals surface area (Å²) in [6.45, 7) is 4.23. The van der Waals surface area contributed by atoms with Gasteiger partial charge in [0.15, 0.2) is 0 Å². The van der Waals surface area contributed by atoms with Gasteiger partial charge in [0, 0.05) is 30.8 Å². The van der Waals surface area contributed by atoms with Crippen molar-refractivity contribution in [2.75, 3.05) is 18.4 Å². The summed E-state index contributed by atoms with van der Waals surface area (Å²) in [7, 11) is 1.92. The average molecular weight is 333 g/mol. The smallest absolute Gasteiger partial charge is 0.256 e. The van der Waals surface area contributed by atoms with E-state index in [1.807, 2.05) is 35.7 Å². The van der Waals surface area contributed by atoms with Crippen LogP contribution in [0.2, 0.25) is 5.02 Å². The topological polar surface area (TPSA) is 50.2 Å². The molecular weight excluding hydrogens is 312 g/mol. The molecule has 1 fully saturated rings. The largest absolute Gasteiger partial charge is 0.379 e. The standard InChI is InChI=1S/C17H21ClN4O/c1-12-9-14(21(2)20-12)11-19-16-6-5-13(18)10-15(16)17(23)22-7-3-4-8-22/h5-6,9-10,19H,3-4,7-8,11H2,1-2H3. The number of nitrogens with one attached hydrogen (secondary N) is 1. The van der Waals surface area contributed by atoms with Crippen LogP contribution in [0.4, 0.5) is 5.69 Å². The number of aromatic nitrogens is 2. The minimum absolute atomic E-state index is 0.0497. The van der Waals surface area contributed by atoms with Crippen molar-refractivity contribution in [3.63, 3.8) is 0 Å². The molecule has 0 bridgehead atoms. The highest BCUT2D eigenvalue weighted by atomic mass is 35.5. The number of carbonyl (C=O) groups excluding carboxylic acids is 1. The highest BCUT2D eigenvalue weighted by molar-refractivity contribution is 6.31. The van der Waals surface area contributed by atoms with Gasteiger partial charge in [-0.3, -0.25) is 9.48 Å². The zero-order chi connectivity index (χ0) is 16.4. The second kappa shape index (κ2) is 6.62. The summed E-state index contributed by atoms with van der Waals surface area (Å²) >= 11 is 6.10. The summed E-state index contributed by atoms with van der Waals surface area (Å²) < 4.78 is 1.85. The first-order valence-electron chi connectivity index (χ1n) is 7.87. The fraction of sp³-hybridized carbons (Fsp3) is 0.412. The minimum atomic E-state index is 0.0497. The molecule has 1 aromatic carbocycles. The molecule has 1 aliphatic rings. The molecule has 1 amide bonds. The van der Waals surface area contributed by atoms with Crippen LogP contribution >= 0.6 is 11.6 Å². The minimum Gasteiger partial charge on any atom is -0.379 e. The van der Waals surface area contributed by atoms with E-state index in [4.69, 9.17) is 11.6 Å². The molecule has 5 nitrogen and oxygen atoms in total. The third-order valence-corrected chi connectivity index (χ3v) is 4.40. The molecule has 6 heteroatoms. The number of carbonyl (C=O) groups is 1. The van der Waals surface area contributed by atoms with Crippen LogP contribution in [-0.4, -0.2) is 33.7 Å². The van der Waals surface area contributed by atoms with Gasteiger partial charge in [-0.25, -0.2) is 0 Å². The van der Waals surface area contributed by atoms with E-state index in [2.05, 4.69) is 10.4 Å². The van der Waals surface area contributed by atoms with Crippen molar-refractivity contribution >= 4 is 23.2 Å². The Labute approximate surface area is 141 Å². The molecule has 0 radical (unpaired) electrons. The SMILES string of the molecule is Cc1cc(CNc2ccc(Cl)cc2C(=O)N2CCCC2)n(C)n1. The van der Waals surface area contributed by atoms with Gasteiger partial charge < -0.3 is 10.2 Å². The number of aryl methyl sites for hydroxylation is 2. The summed E-state index contributed by atoms with van der Waals surface area (Å²) in [6, 6.07) is 7.46. The van der Waals surface area contributed by atoms with E-state index in [0.717, 1.165) is 43.0 Å². The second-order valence-electron chi connectivity index (χ2n) is 5.94. The normalized spacial score (nSPS) is 14.3. The van der Waals surface area contributed by atoms with Crippen LogP contribution in [0.3, 0.4) is 0 Å². The zero-order valence-electron chi connectivity index (χ0n) is 13.5. The lowest BCUT2D eigenvalue weighted by atomic mass is 10.1. The van der Waals surface area contributed by atoms with Crippen molar-refractivity contribution < 1.29 is 4.79 Å². The molecule has 122 valence electrons. The monoisotopic (exact) mass is 332 g/mol. The Morgan fingerprint density at radius 1 is 1.30 bits per heavy atom. The van der Waals surface area contributed by atoms with Crippen molar-refractivity contribution in [1.82, 2.24) is 14.7 Å². The van der Waals surface area contributed by atoms with Gasteiger partial charge in [0.25, 0.3) is 5.91 Å². The van der Waals surface area contributed by atoms with Crippen molar-refractivity contribution in [3.05, 3.63) is 46.2 Å². The summed E-state index contributed by atoms with van der Waals surface area (Å²) in [5.74, 6) is 0.0497. The van der Waals surface area contributed by atoms with Gasteiger partial charge in [-0.15, -0.1) is 0 Å². The van der Waals surface area contributed by atoms with Crippen LogP contribution in [0.1, 0.15) is 34.6 Å². The first kappa shape index (κ1) is 15.9. The molecule has 0 saturated carbocycles. The third-order valence-electron chi connectivity index (χ3n) is 4.16. The van der Waals surface area contributed by atoms with Crippen molar-refractivity contribution in [2.45, 2.75) is 26.3 Å². The summed E-state index contributed by atoms with van der Waals surface area (Å²) in [5.41, 5.74) is 3.49. The number of rotatable bonds is 4. The number of nitrogens with zero attached hydrogens (tertiary/aromatic N) is 3. The molecule has 2 heterocycles. The molecule has 1 aromatic heterocycles. The van der Waals surface area contributed by atoms with Crippen molar-refractivity contribution in [1.29, 1.82) is 0 Å². The molecule has 1 N–H and O–H groups in total. The van der Waals surface area contributed by atoms with Crippen LogP contribution in [0.25, 0.3) is 0 Å². The Balaban J connectivity index is 1.81. The van der Waals surface area contributed by atoms with Crippen molar-refractivity contribution in [3.8, 4) is 0 Å². The van der Waals surface area contributed by atoms with Gasteiger partial charge in [0.05, 0.1) is 23.5 Å². The molecule has 0 spiro atoms. The van der Waals surface area contributed by atoms with Gasteiger partial charge in [-0.1, -0.05) is 11.6 Å². The maximum Gasteiger partial charge on any atom is 0.256 e. The Morgan fingerprint density at radius 2 is 2.04 bits per heavy atom. The lowest BCUT2D eigenvalue weighted by Gasteiger charge is -2.18. The predicted molar refractivity (Wildman–Crippen MR) is 91.9 cm³/mol. The number of anilines is 1. The Hall–Kier alpha value is -2.01. The lowest BCUT2D eigenvalue weighted by molar-refractivity contribution is 0.0793. The number of likely N-dealkylation sites (tertiary alicyclic amines) is 1. The molecule has 2 aromatic rings. The molecule has 1 saturated heterocycles. The number of hydrogen-bond donors (Lipinski definition) is 1. The van der Waals surface area contributed by atoms with Crippen LogP contribution in [0.5, 0.6) is 0 Å². The summed E-state index contributed by atoms with van der Waals surface area (Å²) in [5, 5.41) is 8.26. The average Bonchev–Trinajstić information content (AvgIpc) is 3.15. The van der Waals surface area contributed by atoms with E-state index in [-0.39, 0.29) is 5.91 Å². The van der Waals surface area contributed by atoms with Crippen LogP contribution < -0.4 is 5.32 Å². The van der Waals surface area contributed by atoms with E-state index in [1.54, 1.807) is 12.1 Å². The molecule has 0 atom stereocenters. The zero-order valence-corrected chi connectivity index (χ0v) is 14.2. The molecule has 0 unspecified atom stereocenters. The third kappa shape index (κ3) is 3.50. The van der Waals surface area contributed by atoms with Gasteiger partial charge in [-0.05, 0) is 44.0 Å². The number of amides is 1. The first-order valence-corrected chi connectivity index (χ1v) is 8.24. The second-order valence-corrected chi connectivity index (χ2v) is 6.38. The molecular formula is C17H21ClN4O. The van der Waals surface area contributed by atoms with Gasteiger partial charge in [0.2, 0.25) is 0 Å². The van der Waals surface area contributed by atoms with Gasteiger partial charge in [-0.2, -0.15) is 5.10 Å². The Bertz CT molecular complexity index is 719. The molecule has 3 rings (SSSR count). The predicted octanol–water partition coefficient (Wildman–Crippen LogP) is 3.23. The van der Waals surface area contributed by atoms with E-state index >= 15 is 0 Å². The number of halogens is 1. The molecule has 1 aliphatic heterocycles. The van der Waals surface area contributed by atoms with E-state index in [1.165, 1.54) is 0 Å². The summed E-state index contributed by atoms with van der Waals surface area (Å²) in [4.78, 5) is 14.6. The first-order chi connectivity index (χ1) is 11.0. The highest BCUT2D eigenvalue weighted by Gasteiger charge is 2.22. The van der Waals surface area contributed by atoms with Crippen LogP contribution in [0.15, 0.2) is 24.3 Å². The van der Waals surface area contributed by atoms with E-state index in [9.17, 15) is 4.79 Å². The summed E-state index contributed by atoms with van der Waals surface area (Å²) in [6.07, 6.45) is 2.15. The van der Waals surface area contributed by atoms with Gasteiger partial charge in [0.1, 0.15) is 0 Å². The van der Waals surface area contributed by atoms with Gasteiger partial charge >= 0.3 is 0 Å². The Morgan fingerprint density at radius 3 is 2.70 bits per heavy atom. The quantitative estimate of drug-likeness (QED) is 0.935. The lowest BCUT2D eigenvalue weighted by Crippen LogP contribution is -2.28. The maximum atomic E-state index is 12.7. The van der Waals surface area contributed by atoms with Crippen molar-refractivity contribution in [2.24, 2.45) is 7.05 Å². The fourth-order valence-electron chi connectivity index (χ4n) is 2.95. The fourth-order valence-corrected chi connectivity index (χ4v) is 3.13. The maximum absolute atomic E-state index is 12.7. The molecule has 23 heavy (non-hydrogen) atoms. The number of benzene rings is 1. The van der Waals surface area contributed by atoms with E-state index in [0.29, 0.717) is 17.1 Å². The van der Waals surface area contributed by atoms with Crippen LogP contribution in [0, 0.1) is 6.92 Å². The number of hydrogen-bond acceptors (Lipinski definition) is 3.